The van der Waals surface area contributed by atoms with E-state index in [1.165, 1.54) is 0 Å². The van der Waals surface area contributed by atoms with E-state index < -0.39 is 8.32 Å². The number of rotatable bonds is 9. The van der Waals surface area contributed by atoms with Gasteiger partial charge in [-0.3, -0.25) is 0 Å². The molecule has 3 aromatic rings. The molecule has 0 aliphatic heterocycles. The van der Waals surface area contributed by atoms with Crippen molar-refractivity contribution in [3.05, 3.63) is 114 Å². The fourth-order valence-electron chi connectivity index (χ4n) is 2.55. The normalized spacial score (nSPS) is 12.9. The molecule has 33 heavy (non-hydrogen) atoms. The Morgan fingerprint density at radius 2 is 1.24 bits per heavy atom. The minimum Gasteiger partial charge on any atom is -0.539 e. The van der Waals surface area contributed by atoms with E-state index in [-0.39, 0.29) is 5.04 Å². The highest BCUT2D eigenvalue weighted by Crippen LogP contribution is 2.39. The van der Waals surface area contributed by atoms with Gasteiger partial charge in [-0.25, -0.2) is 0 Å². The quantitative estimate of drug-likeness (QED) is 0.134. The molecule has 0 radical (unpaired) electrons. The van der Waals surface area contributed by atoms with Crippen molar-refractivity contribution in [2.75, 3.05) is 0 Å². The summed E-state index contributed by atoms with van der Waals surface area (Å²) >= 11 is 1.58. The molecule has 5 heteroatoms. The number of hydrogen-bond donors (Lipinski definition) is 0. The van der Waals surface area contributed by atoms with Crippen LogP contribution in [-0.4, -0.2) is 8.32 Å². The molecule has 0 aliphatic rings. The molecule has 0 aromatic heterocycles. The topological polar surface area (TPSA) is 27.7 Å². The largest absolute Gasteiger partial charge is 0.539 e. The summed E-state index contributed by atoms with van der Waals surface area (Å²) in [5.74, 6) is 2.67. The molecular formula is C28H32O3SSi. The third-order valence-corrected chi connectivity index (χ3v) is 10.7. The maximum atomic E-state index is 6.72. The molecule has 0 spiro atoms. The van der Waals surface area contributed by atoms with Crippen LogP contribution >= 0.6 is 11.8 Å². The highest BCUT2D eigenvalue weighted by atomic mass is 32.2. The minimum atomic E-state index is -2.17. The second-order valence-electron chi connectivity index (χ2n) is 9.10. The molecule has 0 saturated heterocycles. The Labute approximate surface area is 203 Å². The van der Waals surface area contributed by atoms with E-state index >= 15 is 0 Å². The predicted molar refractivity (Wildman–Crippen MR) is 141 cm³/mol. The van der Waals surface area contributed by atoms with E-state index in [1.54, 1.807) is 18.0 Å². The first-order chi connectivity index (χ1) is 15.7. The molecule has 3 nitrogen and oxygen atoms in total. The lowest BCUT2D eigenvalue weighted by Gasteiger charge is -2.37. The second-order valence-corrected chi connectivity index (χ2v) is 14.8. The summed E-state index contributed by atoms with van der Waals surface area (Å²) < 4.78 is 19.1. The van der Waals surface area contributed by atoms with Crippen LogP contribution in [0, 0.1) is 0 Å². The average Bonchev–Trinajstić information content (AvgIpc) is 2.80. The van der Waals surface area contributed by atoms with Gasteiger partial charge in [0.05, 0.1) is 0 Å². The lowest BCUT2D eigenvalue weighted by molar-refractivity contribution is 0.311. The van der Waals surface area contributed by atoms with E-state index in [9.17, 15) is 0 Å². The monoisotopic (exact) mass is 476 g/mol. The first kappa shape index (κ1) is 24.7. The zero-order valence-corrected chi connectivity index (χ0v) is 21.8. The van der Waals surface area contributed by atoms with E-state index in [1.807, 2.05) is 84.3 Å². The van der Waals surface area contributed by atoms with Gasteiger partial charge in [-0.15, -0.1) is 0 Å². The third kappa shape index (κ3) is 7.58. The van der Waals surface area contributed by atoms with Crippen molar-refractivity contribution in [1.82, 2.24) is 0 Å². The lowest BCUT2D eigenvalue weighted by Crippen LogP contribution is -2.41. The van der Waals surface area contributed by atoms with Crippen LogP contribution in [0.3, 0.4) is 0 Å². The highest BCUT2D eigenvalue weighted by Gasteiger charge is 2.40. The van der Waals surface area contributed by atoms with E-state index in [0.717, 1.165) is 16.4 Å². The Kier molecular flexibility index (Phi) is 8.47. The molecule has 0 fully saturated rings. The van der Waals surface area contributed by atoms with Crippen LogP contribution in [0.15, 0.2) is 119 Å². The molecule has 0 amide bonds. The second kappa shape index (κ2) is 11.3. The molecule has 0 bridgehead atoms. The first-order valence-electron chi connectivity index (χ1n) is 11.0. The molecule has 3 aromatic carbocycles. The van der Waals surface area contributed by atoms with Gasteiger partial charge in [-0.2, -0.15) is 0 Å². The summed E-state index contributed by atoms with van der Waals surface area (Å²) in [6, 6.07) is 29.6. The predicted octanol–water partition coefficient (Wildman–Crippen LogP) is 8.64. The van der Waals surface area contributed by atoms with Crippen LogP contribution in [0.2, 0.25) is 18.1 Å². The third-order valence-electron chi connectivity index (χ3n) is 5.48. The van der Waals surface area contributed by atoms with Crippen molar-refractivity contribution in [2.24, 2.45) is 0 Å². The Morgan fingerprint density at radius 1 is 0.727 bits per heavy atom. The summed E-state index contributed by atoms with van der Waals surface area (Å²) in [6.45, 7) is 11.1. The number of thioether (sulfide) groups is 1. The molecule has 172 valence electrons. The Bertz CT molecular complexity index is 1060. The smallest absolute Gasteiger partial charge is 0.250 e. The van der Waals surface area contributed by atoms with Crippen LogP contribution in [0.5, 0.6) is 11.5 Å². The lowest BCUT2D eigenvalue weighted by atomic mass is 10.2. The van der Waals surface area contributed by atoms with Gasteiger partial charge in [-0.05, 0) is 54.5 Å². The van der Waals surface area contributed by atoms with E-state index in [4.69, 9.17) is 13.9 Å². The van der Waals surface area contributed by atoms with Gasteiger partial charge in [-0.1, -0.05) is 87.1 Å². The first-order valence-corrected chi connectivity index (χ1v) is 14.8. The highest BCUT2D eigenvalue weighted by molar-refractivity contribution is 8.02. The average molecular weight is 477 g/mol. The Morgan fingerprint density at radius 3 is 1.79 bits per heavy atom. The molecule has 3 rings (SSSR count). The number of benzene rings is 3. The fraction of sp³-hybridized carbons (Fsp3) is 0.214. The van der Waals surface area contributed by atoms with E-state index in [2.05, 4.69) is 46.0 Å². The minimum absolute atomic E-state index is 0.0171. The van der Waals surface area contributed by atoms with Crippen LogP contribution in [-0.2, 0) is 4.43 Å². The molecule has 0 saturated carbocycles. The molecule has 0 N–H and O–H groups in total. The number of para-hydroxylation sites is 2. The summed E-state index contributed by atoms with van der Waals surface area (Å²) in [4.78, 5) is 1.11. The van der Waals surface area contributed by atoms with Gasteiger partial charge in [0, 0.05) is 10.3 Å². The van der Waals surface area contributed by atoms with Crippen molar-refractivity contribution in [3.8, 4) is 11.5 Å². The van der Waals surface area contributed by atoms with Gasteiger partial charge in [0.2, 0.25) is 0 Å². The van der Waals surface area contributed by atoms with Crippen molar-refractivity contribution >= 4 is 20.1 Å². The van der Waals surface area contributed by atoms with Crippen LogP contribution in [0.25, 0.3) is 0 Å². The zero-order chi connectivity index (χ0) is 23.7. The van der Waals surface area contributed by atoms with Gasteiger partial charge in [0.25, 0.3) is 8.32 Å². The molecular weight excluding hydrogens is 444 g/mol. The van der Waals surface area contributed by atoms with Crippen LogP contribution < -0.4 is 9.47 Å². The summed E-state index contributed by atoms with van der Waals surface area (Å²) in [5, 5.41) is 2.00. The Hall–Kier alpha value is -2.89. The maximum Gasteiger partial charge on any atom is 0.250 e. The Balaban J connectivity index is 2.00. The van der Waals surface area contributed by atoms with Gasteiger partial charge < -0.3 is 13.9 Å². The number of ether oxygens (including phenoxy) is 2. The van der Waals surface area contributed by atoms with Crippen LogP contribution in [0.4, 0.5) is 0 Å². The van der Waals surface area contributed by atoms with Crippen molar-refractivity contribution in [3.63, 3.8) is 0 Å². The molecule has 0 aliphatic carbocycles. The maximum absolute atomic E-state index is 6.72. The standard InChI is InChI=1S/C28H32O3SSi/c1-28(2,3)33(4,5)31-26(21-29-23-15-9-6-10-16-23)27(30-24-17-11-7-12-18-24)22-32-25-19-13-8-14-20-25/h6-22H,1-5H3/b26-21-,27-22-. The van der Waals surface area contributed by atoms with Crippen molar-refractivity contribution in [2.45, 2.75) is 43.8 Å². The van der Waals surface area contributed by atoms with Crippen LogP contribution in [0.1, 0.15) is 20.8 Å². The van der Waals surface area contributed by atoms with Crippen molar-refractivity contribution in [1.29, 1.82) is 0 Å². The summed E-state index contributed by atoms with van der Waals surface area (Å²) in [5.41, 5.74) is 0. The van der Waals surface area contributed by atoms with Gasteiger partial charge >= 0.3 is 0 Å². The summed E-state index contributed by atoms with van der Waals surface area (Å²) in [7, 11) is -2.17. The fourth-order valence-corrected chi connectivity index (χ4v) is 4.28. The van der Waals surface area contributed by atoms with Gasteiger partial charge in [0.15, 0.2) is 11.5 Å². The van der Waals surface area contributed by atoms with Crippen molar-refractivity contribution < 1.29 is 13.9 Å². The molecule has 0 unspecified atom stereocenters. The molecule has 0 atom stereocenters. The SMILES string of the molecule is CC(C)(C)[Si](C)(C)OC(=C\Oc1ccccc1)/C(=C/Sc1ccccc1)Oc1ccccc1. The zero-order valence-electron chi connectivity index (χ0n) is 19.9. The molecule has 0 heterocycles. The van der Waals surface area contributed by atoms with Gasteiger partial charge in [0.1, 0.15) is 17.8 Å². The van der Waals surface area contributed by atoms with E-state index in [0.29, 0.717) is 11.5 Å². The summed E-state index contributed by atoms with van der Waals surface area (Å²) in [6.07, 6.45) is 1.66. The number of hydrogen-bond acceptors (Lipinski definition) is 4.